The van der Waals surface area contributed by atoms with E-state index in [1.165, 1.54) is 20.3 Å². The molecule has 0 aromatic rings. The predicted octanol–water partition coefficient (Wildman–Crippen LogP) is 0.927. The molecule has 0 aliphatic carbocycles. The van der Waals surface area contributed by atoms with Gasteiger partial charge in [-0.15, -0.1) is 0 Å². The van der Waals surface area contributed by atoms with Gasteiger partial charge < -0.3 is 14.8 Å². The molecule has 0 aromatic carbocycles. The number of hydrogen-bond acceptors (Lipinski definition) is 3. The Bertz CT molecular complexity index is 279. The summed E-state index contributed by atoms with van der Waals surface area (Å²) >= 11 is 0. The molecule has 1 unspecified atom stereocenters. The second-order valence-electron chi connectivity index (χ2n) is 3.50. The van der Waals surface area contributed by atoms with E-state index in [4.69, 9.17) is 10.2 Å². The fourth-order valence-corrected chi connectivity index (χ4v) is 1.77. The van der Waals surface area contributed by atoms with E-state index < -0.39 is 30.7 Å². The van der Waals surface area contributed by atoms with Crippen molar-refractivity contribution in [1.29, 1.82) is 0 Å². The minimum Gasteiger partial charge on any atom is -0.481 e. The van der Waals surface area contributed by atoms with Crippen molar-refractivity contribution in [2.24, 2.45) is 0 Å². The number of carboxylic acids is 2. The Labute approximate surface area is 76.1 Å². The summed E-state index contributed by atoms with van der Waals surface area (Å²) in [7, 11) is -2.98. The monoisotopic (exact) mass is 208 g/mol. The summed E-state index contributed by atoms with van der Waals surface area (Å²) in [5, 5.41) is 15.6. The van der Waals surface area contributed by atoms with Crippen LogP contribution in [0.4, 0.5) is 0 Å². The van der Waals surface area contributed by atoms with Crippen molar-refractivity contribution in [3.63, 3.8) is 0 Å². The first-order valence-electron chi connectivity index (χ1n) is 3.61. The van der Waals surface area contributed by atoms with E-state index in [0.717, 1.165) is 0 Å². The largest absolute Gasteiger partial charge is 0.481 e. The van der Waals surface area contributed by atoms with Crippen molar-refractivity contribution in [3.05, 3.63) is 0 Å². The van der Waals surface area contributed by atoms with E-state index in [0.29, 0.717) is 0 Å². The zero-order valence-electron chi connectivity index (χ0n) is 7.77. The minimum absolute atomic E-state index is 0.618. The summed E-state index contributed by atoms with van der Waals surface area (Å²) in [6.07, 6.45) is -0.618. The van der Waals surface area contributed by atoms with Crippen LogP contribution in [0.5, 0.6) is 0 Å². The van der Waals surface area contributed by atoms with Crippen LogP contribution in [0.3, 0.4) is 0 Å². The Balaban J connectivity index is 5.09. The van der Waals surface area contributed by atoms with Gasteiger partial charge in [0.25, 0.3) is 0 Å². The Kier molecular flexibility index (Phi) is 3.28. The van der Waals surface area contributed by atoms with E-state index in [9.17, 15) is 14.2 Å². The molecule has 0 rings (SSSR count). The first-order valence-corrected chi connectivity index (χ1v) is 6.21. The van der Waals surface area contributed by atoms with Crippen LogP contribution in [0.2, 0.25) is 0 Å². The lowest BCUT2D eigenvalue weighted by Crippen LogP contribution is -2.37. The highest BCUT2D eigenvalue weighted by atomic mass is 31.2. The van der Waals surface area contributed by atoms with Crippen LogP contribution in [-0.4, -0.2) is 40.6 Å². The number of carboxylic acid groups (broad SMARTS) is 2. The van der Waals surface area contributed by atoms with Gasteiger partial charge in [-0.3, -0.25) is 9.59 Å². The maximum absolute atomic E-state index is 11.6. The van der Waals surface area contributed by atoms with Crippen molar-refractivity contribution < 1.29 is 24.4 Å². The second-order valence-corrected chi connectivity index (χ2v) is 7.19. The summed E-state index contributed by atoms with van der Waals surface area (Å²) in [4.78, 5) is 21.1. The maximum Gasteiger partial charge on any atom is 0.317 e. The lowest BCUT2D eigenvalue weighted by molar-refractivity contribution is -0.146. The lowest BCUT2D eigenvalue weighted by atomic mass is 10.1. The minimum atomic E-state index is -2.98. The zero-order chi connectivity index (χ0) is 10.9. The Morgan fingerprint density at radius 1 is 1.31 bits per heavy atom. The van der Waals surface area contributed by atoms with Gasteiger partial charge in [0.2, 0.25) is 0 Å². The molecule has 0 saturated carbocycles. The van der Waals surface area contributed by atoms with Gasteiger partial charge in [-0.25, -0.2) is 0 Å². The third-order valence-corrected chi connectivity index (χ3v) is 4.87. The molecule has 2 N–H and O–H groups in total. The second kappa shape index (κ2) is 3.50. The van der Waals surface area contributed by atoms with Gasteiger partial charge in [0, 0.05) is 0 Å². The number of carbonyl (C=O) groups is 2. The van der Waals surface area contributed by atoms with Crippen molar-refractivity contribution >= 4 is 19.1 Å². The van der Waals surface area contributed by atoms with Gasteiger partial charge in [-0.05, 0) is 20.3 Å². The number of rotatable bonds is 4. The standard InChI is InChI=1S/C7H13O5P/c1-7(6(10)11,4-5(8)9)13(2,3)12/h4H2,1-3H3,(H,8,9)(H,10,11). The molecule has 0 amide bonds. The molecule has 0 aliphatic heterocycles. The van der Waals surface area contributed by atoms with Gasteiger partial charge in [0.05, 0.1) is 13.6 Å². The molecule has 0 heterocycles. The van der Waals surface area contributed by atoms with Crippen molar-refractivity contribution in [2.75, 3.05) is 13.3 Å². The normalized spacial score (nSPS) is 16.2. The maximum atomic E-state index is 11.6. The molecule has 0 saturated heterocycles. The number of aliphatic carboxylic acids is 2. The van der Waals surface area contributed by atoms with E-state index in [2.05, 4.69) is 0 Å². The molecule has 0 fully saturated rings. The van der Waals surface area contributed by atoms with Crippen molar-refractivity contribution in [1.82, 2.24) is 0 Å². The lowest BCUT2D eigenvalue weighted by Gasteiger charge is -2.27. The SMILES string of the molecule is CC(CC(=O)O)(C(=O)O)P(C)(C)=O. The summed E-state index contributed by atoms with van der Waals surface area (Å²) in [5.74, 6) is -2.59. The summed E-state index contributed by atoms with van der Waals surface area (Å²) in [6, 6.07) is 0. The third kappa shape index (κ3) is 2.56. The van der Waals surface area contributed by atoms with Crippen LogP contribution >= 0.6 is 7.14 Å². The Hall–Kier alpha value is -0.830. The highest BCUT2D eigenvalue weighted by Crippen LogP contribution is 2.53. The van der Waals surface area contributed by atoms with E-state index in [1.54, 1.807) is 0 Å². The van der Waals surface area contributed by atoms with Crippen molar-refractivity contribution in [3.8, 4) is 0 Å². The Morgan fingerprint density at radius 2 is 1.69 bits per heavy atom. The van der Waals surface area contributed by atoms with Crippen molar-refractivity contribution in [2.45, 2.75) is 18.5 Å². The summed E-state index contributed by atoms with van der Waals surface area (Å²) in [5.41, 5.74) is 0. The molecular weight excluding hydrogens is 195 g/mol. The molecule has 13 heavy (non-hydrogen) atoms. The first-order chi connectivity index (χ1) is 5.61. The van der Waals surface area contributed by atoms with Crippen LogP contribution in [0.1, 0.15) is 13.3 Å². The molecule has 0 bridgehead atoms. The topological polar surface area (TPSA) is 91.7 Å². The molecule has 0 radical (unpaired) electrons. The van der Waals surface area contributed by atoms with Crippen LogP contribution in [0.25, 0.3) is 0 Å². The van der Waals surface area contributed by atoms with Crippen LogP contribution < -0.4 is 0 Å². The van der Waals surface area contributed by atoms with E-state index in [1.807, 2.05) is 0 Å². The highest BCUT2D eigenvalue weighted by Gasteiger charge is 2.46. The quantitative estimate of drug-likeness (QED) is 0.670. The molecule has 0 aliphatic rings. The van der Waals surface area contributed by atoms with Gasteiger partial charge in [0.15, 0.2) is 0 Å². The Morgan fingerprint density at radius 3 is 1.77 bits per heavy atom. The fourth-order valence-electron chi connectivity index (χ4n) is 0.791. The smallest absolute Gasteiger partial charge is 0.317 e. The molecule has 76 valence electrons. The van der Waals surface area contributed by atoms with Gasteiger partial charge in [-0.2, -0.15) is 0 Å². The first kappa shape index (κ1) is 12.2. The molecule has 5 nitrogen and oxygen atoms in total. The zero-order valence-corrected chi connectivity index (χ0v) is 8.67. The molecule has 0 aromatic heterocycles. The summed E-state index contributed by atoms with van der Waals surface area (Å²) in [6.45, 7) is 3.76. The molecular formula is C7H13O5P. The molecule has 1 atom stereocenters. The summed E-state index contributed by atoms with van der Waals surface area (Å²) < 4.78 is 11.6. The van der Waals surface area contributed by atoms with Crippen LogP contribution in [0.15, 0.2) is 0 Å². The van der Waals surface area contributed by atoms with Gasteiger partial charge >= 0.3 is 11.9 Å². The van der Waals surface area contributed by atoms with Crippen LogP contribution in [0, 0.1) is 0 Å². The fraction of sp³-hybridized carbons (Fsp3) is 0.714. The predicted molar refractivity (Wildman–Crippen MR) is 47.7 cm³/mol. The molecule has 6 heteroatoms. The highest BCUT2D eigenvalue weighted by molar-refractivity contribution is 7.65. The average Bonchev–Trinajstić information content (AvgIpc) is 1.82. The third-order valence-electron chi connectivity index (χ3n) is 2.14. The van der Waals surface area contributed by atoms with E-state index in [-0.39, 0.29) is 0 Å². The molecule has 0 spiro atoms. The van der Waals surface area contributed by atoms with Gasteiger partial charge in [-0.1, -0.05) is 0 Å². The van der Waals surface area contributed by atoms with Crippen LogP contribution in [-0.2, 0) is 14.2 Å². The van der Waals surface area contributed by atoms with Gasteiger partial charge in [0.1, 0.15) is 5.16 Å². The number of hydrogen-bond donors (Lipinski definition) is 2. The average molecular weight is 208 g/mol. The van der Waals surface area contributed by atoms with E-state index >= 15 is 0 Å².